The molecule has 0 aliphatic carbocycles. The molecule has 134 valence electrons. The van der Waals surface area contributed by atoms with Gasteiger partial charge in [0.1, 0.15) is 5.75 Å². The van der Waals surface area contributed by atoms with Crippen LogP contribution >= 0.6 is 11.3 Å². The highest BCUT2D eigenvalue weighted by molar-refractivity contribution is 7.94. The summed E-state index contributed by atoms with van der Waals surface area (Å²) in [7, 11) is -3.73. The predicted molar refractivity (Wildman–Crippen MR) is 99.2 cm³/mol. The van der Waals surface area contributed by atoms with Crippen LogP contribution < -0.4 is 0 Å². The average molecular weight is 379 g/mol. The van der Waals surface area contributed by atoms with Crippen LogP contribution in [-0.4, -0.2) is 42.0 Å². The van der Waals surface area contributed by atoms with Crippen LogP contribution in [0.5, 0.6) is 0 Å². The van der Waals surface area contributed by atoms with E-state index in [4.69, 9.17) is 0 Å². The lowest BCUT2D eigenvalue weighted by molar-refractivity contribution is -0.134. The van der Waals surface area contributed by atoms with Gasteiger partial charge < -0.3 is 4.90 Å². The second kappa shape index (κ2) is 7.25. The molecule has 3 rings (SSSR count). The number of carbonyl (C=O) groups excluding carboxylic acids is 1. The molecule has 5 nitrogen and oxygen atoms in total. The number of carbonyl (C=O) groups is 1. The SMILES string of the molecule is C[C@@H]1CCC[C@H](C)N1C(=O)CS(=O)(=O)c1nc(-c2ccccc2)cs1. The van der Waals surface area contributed by atoms with Crippen LogP contribution in [0, 0.1) is 0 Å². The van der Waals surface area contributed by atoms with Crippen LogP contribution in [-0.2, 0) is 14.6 Å². The molecule has 2 aromatic rings. The van der Waals surface area contributed by atoms with E-state index < -0.39 is 15.6 Å². The quantitative estimate of drug-likeness (QED) is 0.818. The lowest BCUT2D eigenvalue weighted by Gasteiger charge is -2.39. The first kappa shape index (κ1) is 18.1. The van der Waals surface area contributed by atoms with Crippen LogP contribution in [0.25, 0.3) is 11.3 Å². The Morgan fingerprint density at radius 2 is 1.84 bits per heavy atom. The molecule has 25 heavy (non-hydrogen) atoms. The molecule has 0 bridgehead atoms. The molecule has 2 heterocycles. The molecule has 0 radical (unpaired) electrons. The number of rotatable bonds is 4. The number of piperidine rings is 1. The van der Waals surface area contributed by atoms with Gasteiger partial charge in [0.05, 0.1) is 5.69 Å². The largest absolute Gasteiger partial charge is 0.336 e. The Kier molecular flexibility index (Phi) is 5.24. The first-order chi connectivity index (χ1) is 11.9. The van der Waals surface area contributed by atoms with E-state index in [0.29, 0.717) is 5.69 Å². The minimum atomic E-state index is -3.73. The molecule has 0 spiro atoms. The summed E-state index contributed by atoms with van der Waals surface area (Å²) in [6.07, 6.45) is 2.92. The molecular weight excluding hydrogens is 356 g/mol. The van der Waals surface area contributed by atoms with Crippen molar-refractivity contribution < 1.29 is 13.2 Å². The summed E-state index contributed by atoms with van der Waals surface area (Å²) in [5.74, 6) is -0.833. The van der Waals surface area contributed by atoms with Crippen LogP contribution in [0.2, 0.25) is 0 Å². The fraction of sp³-hybridized carbons (Fsp3) is 0.444. The summed E-state index contributed by atoms with van der Waals surface area (Å²) in [5, 5.41) is 1.72. The van der Waals surface area contributed by atoms with Gasteiger partial charge in [-0.05, 0) is 33.1 Å². The maximum atomic E-state index is 12.6. The van der Waals surface area contributed by atoms with E-state index in [-0.39, 0.29) is 22.3 Å². The standard InChI is InChI=1S/C18H22N2O3S2/c1-13-7-6-8-14(2)20(13)17(21)12-25(22,23)18-19-16(11-24-18)15-9-4-3-5-10-15/h3-5,9-11,13-14H,6-8,12H2,1-2H3/t13-,14+. The number of benzene rings is 1. The zero-order chi connectivity index (χ0) is 18.0. The topological polar surface area (TPSA) is 67.3 Å². The predicted octanol–water partition coefficient (Wildman–Crippen LogP) is 3.37. The van der Waals surface area contributed by atoms with Crippen molar-refractivity contribution in [1.29, 1.82) is 0 Å². The Labute approximate surface area is 152 Å². The minimum absolute atomic E-state index is 0.0111. The maximum Gasteiger partial charge on any atom is 0.238 e. The van der Waals surface area contributed by atoms with E-state index in [1.54, 1.807) is 10.3 Å². The Hall–Kier alpha value is -1.73. The monoisotopic (exact) mass is 378 g/mol. The number of aromatic nitrogens is 1. The van der Waals surface area contributed by atoms with Crippen LogP contribution in [0.3, 0.4) is 0 Å². The fourth-order valence-corrected chi connectivity index (χ4v) is 5.65. The average Bonchev–Trinajstić information content (AvgIpc) is 3.06. The third-order valence-electron chi connectivity index (χ3n) is 4.61. The van der Waals surface area contributed by atoms with E-state index in [9.17, 15) is 13.2 Å². The molecule has 1 aliphatic heterocycles. The van der Waals surface area contributed by atoms with Crippen molar-refractivity contribution in [2.45, 2.75) is 49.5 Å². The van der Waals surface area contributed by atoms with E-state index in [2.05, 4.69) is 4.98 Å². The Morgan fingerprint density at radius 1 is 1.20 bits per heavy atom. The molecule has 1 fully saturated rings. The summed E-state index contributed by atoms with van der Waals surface area (Å²) < 4.78 is 25.3. The fourth-order valence-electron chi connectivity index (χ4n) is 3.35. The molecular formula is C18H22N2O3S2. The van der Waals surface area contributed by atoms with Gasteiger partial charge in [-0.2, -0.15) is 0 Å². The van der Waals surface area contributed by atoms with Crippen molar-refractivity contribution in [1.82, 2.24) is 9.88 Å². The van der Waals surface area contributed by atoms with Crippen molar-refractivity contribution in [2.75, 3.05) is 5.75 Å². The molecule has 0 N–H and O–H groups in total. The number of hydrogen-bond acceptors (Lipinski definition) is 5. The molecule has 2 atom stereocenters. The molecule has 0 saturated carbocycles. The number of amides is 1. The zero-order valence-electron chi connectivity index (χ0n) is 14.4. The van der Waals surface area contributed by atoms with Gasteiger partial charge in [-0.25, -0.2) is 13.4 Å². The summed E-state index contributed by atoms with van der Waals surface area (Å²) >= 11 is 1.07. The highest BCUT2D eigenvalue weighted by Gasteiger charge is 2.33. The Bertz CT molecular complexity index is 836. The summed E-state index contributed by atoms with van der Waals surface area (Å²) in [4.78, 5) is 18.6. The van der Waals surface area contributed by atoms with Crippen molar-refractivity contribution in [3.8, 4) is 11.3 Å². The van der Waals surface area contributed by atoms with Gasteiger partial charge in [-0.3, -0.25) is 4.79 Å². The van der Waals surface area contributed by atoms with Crippen molar-refractivity contribution >= 4 is 27.1 Å². The number of sulfone groups is 1. The van der Waals surface area contributed by atoms with E-state index in [1.165, 1.54) is 0 Å². The number of hydrogen-bond donors (Lipinski definition) is 0. The minimum Gasteiger partial charge on any atom is -0.336 e. The van der Waals surface area contributed by atoms with Gasteiger partial charge in [0.2, 0.25) is 20.1 Å². The highest BCUT2D eigenvalue weighted by atomic mass is 32.2. The molecule has 1 saturated heterocycles. The number of nitrogens with zero attached hydrogens (tertiary/aromatic N) is 2. The summed E-state index contributed by atoms with van der Waals surface area (Å²) in [6.45, 7) is 3.97. The first-order valence-electron chi connectivity index (χ1n) is 8.43. The molecule has 1 aromatic heterocycles. The third-order valence-corrected chi connectivity index (χ3v) is 7.55. The third kappa shape index (κ3) is 3.93. The van der Waals surface area contributed by atoms with Gasteiger partial charge in [0.15, 0.2) is 0 Å². The van der Waals surface area contributed by atoms with E-state index >= 15 is 0 Å². The van der Waals surface area contributed by atoms with Crippen LogP contribution in [0.1, 0.15) is 33.1 Å². The summed E-state index contributed by atoms with van der Waals surface area (Å²) in [5.41, 5.74) is 1.49. The van der Waals surface area contributed by atoms with E-state index in [1.807, 2.05) is 44.2 Å². The lowest BCUT2D eigenvalue weighted by atomic mass is 9.98. The molecule has 0 unspecified atom stereocenters. The second-order valence-corrected chi connectivity index (χ2v) is 9.58. The Morgan fingerprint density at radius 3 is 2.48 bits per heavy atom. The molecule has 1 aromatic carbocycles. The van der Waals surface area contributed by atoms with Crippen molar-refractivity contribution in [3.05, 3.63) is 35.7 Å². The van der Waals surface area contributed by atoms with E-state index in [0.717, 1.165) is 36.2 Å². The maximum absolute atomic E-state index is 12.6. The highest BCUT2D eigenvalue weighted by Crippen LogP contribution is 2.27. The second-order valence-electron chi connectivity index (χ2n) is 6.55. The lowest BCUT2D eigenvalue weighted by Crippen LogP contribution is -2.49. The van der Waals surface area contributed by atoms with Gasteiger partial charge in [-0.1, -0.05) is 30.3 Å². The van der Waals surface area contributed by atoms with Gasteiger partial charge in [0.25, 0.3) is 0 Å². The first-order valence-corrected chi connectivity index (χ1v) is 11.0. The number of thiazole rings is 1. The molecule has 1 aliphatic rings. The molecule has 1 amide bonds. The number of likely N-dealkylation sites (tertiary alicyclic amines) is 1. The normalized spacial score (nSPS) is 21.3. The zero-order valence-corrected chi connectivity index (χ0v) is 16.0. The summed E-state index contributed by atoms with van der Waals surface area (Å²) in [6, 6.07) is 9.59. The van der Waals surface area contributed by atoms with Crippen molar-refractivity contribution in [3.63, 3.8) is 0 Å². The van der Waals surface area contributed by atoms with Gasteiger partial charge >= 0.3 is 0 Å². The van der Waals surface area contributed by atoms with Crippen LogP contribution in [0.15, 0.2) is 40.1 Å². The van der Waals surface area contributed by atoms with Crippen molar-refractivity contribution in [2.24, 2.45) is 0 Å². The van der Waals surface area contributed by atoms with Gasteiger partial charge in [-0.15, -0.1) is 11.3 Å². The molecule has 7 heteroatoms. The Balaban J connectivity index is 1.78. The van der Waals surface area contributed by atoms with Gasteiger partial charge in [0, 0.05) is 23.0 Å². The van der Waals surface area contributed by atoms with Crippen LogP contribution in [0.4, 0.5) is 0 Å². The smallest absolute Gasteiger partial charge is 0.238 e.